The molecule has 1 amide bonds. The number of thioether (sulfide) groups is 1. The second-order valence-corrected chi connectivity index (χ2v) is 7.76. The molecule has 1 saturated carbocycles. The summed E-state index contributed by atoms with van der Waals surface area (Å²) in [7, 11) is 0. The summed E-state index contributed by atoms with van der Waals surface area (Å²) in [5.41, 5.74) is 0. The van der Waals surface area contributed by atoms with E-state index in [0.29, 0.717) is 12.3 Å². The summed E-state index contributed by atoms with van der Waals surface area (Å²) in [5, 5.41) is 9.98. The van der Waals surface area contributed by atoms with Crippen LogP contribution >= 0.6 is 11.8 Å². The van der Waals surface area contributed by atoms with Gasteiger partial charge in [-0.15, -0.1) is 0 Å². The van der Waals surface area contributed by atoms with Crippen LogP contribution in [0, 0.1) is 5.92 Å². The molecule has 6 heteroatoms. The van der Waals surface area contributed by atoms with Gasteiger partial charge >= 0.3 is 0 Å². The van der Waals surface area contributed by atoms with E-state index in [1.807, 2.05) is 17.4 Å². The summed E-state index contributed by atoms with van der Waals surface area (Å²) in [5.74, 6) is 3.19. The lowest BCUT2D eigenvalue weighted by Gasteiger charge is -2.33. The maximum Gasteiger partial charge on any atom is 0.251 e. The maximum atomic E-state index is 12.3. The first-order chi connectivity index (χ1) is 11.2. The molecular formula is C17H27N3O2S. The van der Waals surface area contributed by atoms with Crippen molar-refractivity contribution in [3.63, 3.8) is 0 Å². The van der Waals surface area contributed by atoms with Gasteiger partial charge in [0.05, 0.1) is 0 Å². The molecule has 1 aliphatic carbocycles. The Balaban J connectivity index is 1.52. The Bertz CT molecular complexity index is 522. The summed E-state index contributed by atoms with van der Waals surface area (Å²) >= 11 is 1.66. The first-order valence-corrected chi connectivity index (χ1v) is 10.0. The predicted octanol–water partition coefficient (Wildman–Crippen LogP) is 2.11. The van der Waals surface area contributed by atoms with E-state index in [4.69, 9.17) is 0 Å². The van der Waals surface area contributed by atoms with Crippen molar-refractivity contribution in [1.82, 2.24) is 14.5 Å². The molecule has 0 unspecified atom stereocenters. The number of nitrogens with zero attached hydrogens (tertiary/aromatic N) is 3. The number of piperidine rings is 1. The minimum Gasteiger partial charge on any atom is -0.383 e. The molecule has 0 radical (unpaired) electrons. The van der Waals surface area contributed by atoms with Gasteiger partial charge in [0.1, 0.15) is 11.9 Å². The molecule has 3 rings (SSSR count). The van der Waals surface area contributed by atoms with Crippen molar-refractivity contribution in [2.75, 3.05) is 25.1 Å². The zero-order chi connectivity index (χ0) is 16.2. The molecule has 2 aliphatic rings. The normalized spacial score (nSPS) is 20.7. The largest absolute Gasteiger partial charge is 0.383 e. The molecule has 1 aromatic heterocycles. The Morgan fingerprint density at radius 2 is 2.13 bits per heavy atom. The highest BCUT2D eigenvalue weighted by molar-refractivity contribution is 7.98. The first-order valence-electron chi connectivity index (χ1n) is 8.66. The third-order valence-corrected chi connectivity index (χ3v) is 5.60. The highest BCUT2D eigenvalue weighted by Gasteiger charge is 2.30. The van der Waals surface area contributed by atoms with Crippen LogP contribution in [0.3, 0.4) is 0 Å². The van der Waals surface area contributed by atoms with E-state index in [-0.39, 0.29) is 5.91 Å². The van der Waals surface area contributed by atoms with E-state index >= 15 is 0 Å². The molecule has 5 nitrogen and oxygen atoms in total. The van der Waals surface area contributed by atoms with E-state index in [9.17, 15) is 9.90 Å². The minimum absolute atomic E-state index is 0.0983. The van der Waals surface area contributed by atoms with Gasteiger partial charge in [0, 0.05) is 37.9 Å². The van der Waals surface area contributed by atoms with E-state index in [2.05, 4.69) is 15.7 Å². The maximum absolute atomic E-state index is 12.3. The van der Waals surface area contributed by atoms with Gasteiger partial charge in [0.25, 0.3) is 5.91 Å². The highest BCUT2D eigenvalue weighted by Crippen LogP contribution is 2.33. The molecule has 1 saturated heterocycles. The molecule has 128 valence electrons. The van der Waals surface area contributed by atoms with Crippen LogP contribution in [0.1, 0.15) is 43.8 Å². The van der Waals surface area contributed by atoms with Crippen molar-refractivity contribution in [2.24, 2.45) is 5.92 Å². The number of carbonyl (C=O) groups is 1. The number of aliphatic hydroxyl groups is 1. The number of likely N-dealkylation sites (tertiary alicyclic amines) is 1. The molecule has 1 N–H and O–H groups in total. The van der Waals surface area contributed by atoms with E-state index in [0.717, 1.165) is 44.1 Å². The fourth-order valence-electron chi connectivity index (χ4n) is 3.34. The second kappa shape index (κ2) is 7.71. The van der Waals surface area contributed by atoms with Crippen LogP contribution in [0.15, 0.2) is 12.4 Å². The van der Waals surface area contributed by atoms with Gasteiger partial charge < -0.3 is 14.6 Å². The van der Waals surface area contributed by atoms with Crippen LogP contribution < -0.4 is 0 Å². The van der Waals surface area contributed by atoms with E-state index < -0.39 is 6.10 Å². The SMILES string of the molecule is CSCC[C@H](O)C(=O)N1CCC(c2nccn2CC2CC2)CC1. The monoisotopic (exact) mass is 337 g/mol. The van der Waals surface area contributed by atoms with E-state index in [1.165, 1.54) is 18.7 Å². The Kier molecular flexibility index (Phi) is 5.64. The average molecular weight is 337 g/mol. The zero-order valence-corrected chi connectivity index (χ0v) is 14.7. The molecule has 0 aromatic carbocycles. The average Bonchev–Trinajstić information content (AvgIpc) is 3.27. The lowest BCUT2D eigenvalue weighted by molar-refractivity contribution is -0.141. The third-order valence-electron chi connectivity index (χ3n) is 4.95. The van der Waals surface area contributed by atoms with Gasteiger partial charge in [-0.3, -0.25) is 4.79 Å². The van der Waals surface area contributed by atoms with Crippen LogP contribution in [0.2, 0.25) is 0 Å². The number of aromatic nitrogens is 2. The molecule has 1 atom stereocenters. The number of imidazole rings is 1. The van der Waals surface area contributed by atoms with Crippen molar-refractivity contribution in [3.8, 4) is 0 Å². The Hall–Kier alpha value is -1.01. The third kappa shape index (κ3) is 4.29. The molecule has 0 bridgehead atoms. The van der Waals surface area contributed by atoms with Gasteiger partial charge in [-0.1, -0.05) is 0 Å². The summed E-state index contributed by atoms with van der Waals surface area (Å²) in [4.78, 5) is 18.7. The molecule has 1 aliphatic heterocycles. The number of hydrogen-bond acceptors (Lipinski definition) is 4. The molecule has 0 spiro atoms. The highest BCUT2D eigenvalue weighted by atomic mass is 32.2. The number of aliphatic hydroxyl groups excluding tert-OH is 1. The van der Waals surface area contributed by atoms with Crippen molar-refractivity contribution in [2.45, 2.75) is 50.7 Å². The number of carbonyl (C=O) groups excluding carboxylic acids is 1. The number of hydrogen-bond donors (Lipinski definition) is 1. The lowest BCUT2D eigenvalue weighted by Crippen LogP contribution is -2.44. The van der Waals surface area contributed by atoms with Crippen molar-refractivity contribution < 1.29 is 9.90 Å². The number of rotatable bonds is 7. The van der Waals surface area contributed by atoms with Crippen molar-refractivity contribution in [3.05, 3.63) is 18.2 Å². The van der Waals surface area contributed by atoms with Gasteiger partial charge in [-0.05, 0) is 50.0 Å². The quantitative estimate of drug-likeness (QED) is 0.828. The second-order valence-electron chi connectivity index (χ2n) is 6.78. The fourth-order valence-corrected chi connectivity index (χ4v) is 3.79. The van der Waals surface area contributed by atoms with Crippen molar-refractivity contribution >= 4 is 17.7 Å². The van der Waals surface area contributed by atoms with Gasteiger partial charge in [-0.25, -0.2) is 4.98 Å². The smallest absolute Gasteiger partial charge is 0.251 e. The minimum atomic E-state index is -0.837. The predicted molar refractivity (Wildman–Crippen MR) is 92.5 cm³/mol. The standard InChI is InChI=1S/C17H27N3O2S/c1-23-11-6-15(21)17(22)19-8-4-14(5-9-19)16-18-7-10-20(16)12-13-2-3-13/h7,10,13-15,21H,2-6,8-9,11-12H2,1H3/t15-/m0/s1. The van der Waals surface area contributed by atoms with Crippen LogP contribution in [0.5, 0.6) is 0 Å². The van der Waals surface area contributed by atoms with Crippen LogP contribution in [0.25, 0.3) is 0 Å². The fraction of sp³-hybridized carbons (Fsp3) is 0.765. The van der Waals surface area contributed by atoms with Gasteiger partial charge in [0.15, 0.2) is 0 Å². The van der Waals surface area contributed by atoms with Crippen LogP contribution in [-0.2, 0) is 11.3 Å². The van der Waals surface area contributed by atoms with Crippen LogP contribution in [0.4, 0.5) is 0 Å². The summed E-state index contributed by atoms with van der Waals surface area (Å²) < 4.78 is 2.31. The van der Waals surface area contributed by atoms with Crippen LogP contribution in [-0.4, -0.2) is 56.7 Å². The molecular weight excluding hydrogens is 310 g/mol. The molecule has 2 fully saturated rings. The lowest BCUT2D eigenvalue weighted by atomic mass is 9.95. The molecule has 23 heavy (non-hydrogen) atoms. The summed E-state index contributed by atoms with van der Waals surface area (Å²) in [6.45, 7) is 2.56. The van der Waals surface area contributed by atoms with E-state index in [1.54, 1.807) is 11.8 Å². The van der Waals surface area contributed by atoms with Crippen molar-refractivity contribution in [1.29, 1.82) is 0 Å². The Morgan fingerprint density at radius 3 is 2.78 bits per heavy atom. The first kappa shape index (κ1) is 16.8. The van der Waals surface area contributed by atoms with Gasteiger partial charge in [0.2, 0.25) is 0 Å². The summed E-state index contributed by atoms with van der Waals surface area (Å²) in [6, 6.07) is 0. The van der Waals surface area contributed by atoms with Gasteiger partial charge in [-0.2, -0.15) is 11.8 Å². The topological polar surface area (TPSA) is 58.4 Å². The Morgan fingerprint density at radius 1 is 1.39 bits per heavy atom. The zero-order valence-electron chi connectivity index (χ0n) is 13.9. The number of amides is 1. The molecule has 2 heterocycles. The molecule has 1 aromatic rings. The summed E-state index contributed by atoms with van der Waals surface area (Å²) in [6.07, 6.45) is 10.3. The Labute approximate surface area is 142 Å².